The molecule has 1 aromatic heterocycles. The number of pyridine rings is 1. The number of aromatic nitrogens is 1. The summed E-state index contributed by atoms with van der Waals surface area (Å²) in [6, 6.07) is 11.5. The monoisotopic (exact) mass is 431 g/mol. The fourth-order valence-electron chi connectivity index (χ4n) is 3.43. The summed E-state index contributed by atoms with van der Waals surface area (Å²) in [5, 5.41) is 2.91. The van der Waals surface area contributed by atoms with Crippen molar-refractivity contribution in [3.05, 3.63) is 68.5 Å². The van der Waals surface area contributed by atoms with Crippen molar-refractivity contribution >= 4 is 21.8 Å². The number of rotatable bonds is 6. The summed E-state index contributed by atoms with van der Waals surface area (Å²) in [6.45, 7) is 3.79. The van der Waals surface area contributed by atoms with Crippen molar-refractivity contribution in [3.8, 4) is 0 Å². The van der Waals surface area contributed by atoms with Crippen molar-refractivity contribution in [2.24, 2.45) is 0 Å². The Bertz CT molecular complexity index is 826. The van der Waals surface area contributed by atoms with Gasteiger partial charge in [0.15, 0.2) is 0 Å². The minimum absolute atomic E-state index is 0.0196. The van der Waals surface area contributed by atoms with Crippen molar-refractivity contribution in [1.82, 2.24) is 14.8 Å². The third-order valence-electron chi connectivity index (χ3n) is 4.85. The van der Waals surface area contributed by atoms with Gasteiger partial charge >= 0.3 is 0 Å². The highest BCUT2D eigenvalue weighted by atomic mass is 79.9. The topological polar surface area (TPSA) is 54.3 Å². The van der Waals surface area contributed by atoms with Crippen LogP contribution in [0.4, 0.5) is 0 Å². The first-order valence-corrected chi connectivity index (χ1v) is 10.3. The zero-order valence-electron chi connectivity index (χ0n) is 15.5. The molecular formula is C21H26BrN3O2. The van der Waals surface area contributed by atoms with Crippen LogP contribution in [0.15, 0.2) is 51.9 Å². The average molecular weight is 432 g/mol. The van der Waals surface area contributed by atoms with Gasteiger partial charge < -0.3 is 9.88 Å². The summed E-state index contributed by atoms with van der Waals surface area (Å²) in [5.41, 5.74) is 2.18. The van der Waals surface area contributed by atoms with Crippen LogP contribution in [0.2, 0.25) is 0 Å². The predicted octanol–water partition coefficient (Wildman–Crippen LogP) is 3.30. The fraction of sp³-hybridized carbons (Fsp3) is 0.429. The van der Waals surface area contributed by atoms with Crippen LogP contribution in [0.25, 0.3) is 0 Å². The summed E-state index contributed by atoms with van der Waals surface area (Å²) in [4.78, 5) is 26.5. The van der Waals surface area contributed by atoms with E-state index in [0.29, 0.717) is 6.54 Å². The highest BCUT2D eigenvalue weighted by molar-refractivity contribution is 9.10. The number of carbonyl (C=O) groups excluding carboxylic acids is 1. The van der Waals surface area contributed by atoms with Gasteiger partial charge in [0.05, 0.1) is 0 Å². The smallest absolute Gasteiger partial charge is 0.251 e. The van der Waals surface area contributed by atoms with Gasteiger partial charge in [0, 0.05) is 29.8 Å². The van der Waals surface area contributed by atoms with Crippen molar-refractivity contribution < 1.29 is 4.79 Å². The molecular weight excluding hydrogens is 406 g/mol. The molecule has 0 atom stereocenters. The van der Waals surface area contributed by atoms with E-state index in [1.807, 2.05) is 12.1 Å². The van der Waals surface area contributed by atoms with Crippen molar-refractivity contribution in [1.29, 1.82) is 0 Å². The van der Waals surface area contributed by atoms with Gasteiger partial charge in [-0.15, -0.1) is 0 Å². The number of hydrogen-bond donors (Lipinski definition) is 1. The van der Waals surface area contributed by atoms with E-state index < -0.39 is 0 Å². The third kappa shape index (κ3) is 6.33. The van der Waals surface area contributed by atoms with E-state index in [9.17, 15) is 9.59 Å². The normalized spacial score (nSPS) is 15.3. The lowest BCUT2D eigenvalue weighted by molar-refractivity contribution is -0.121. The fourth-order valence-corrected chi connectivity index (χ4v) is 3.81. The summed E-state index contributed by atoms with van der Waals surface area (Å²) in [6.07, 6.45) is 6.87. The Morgan fingerprint density at radius 1 is 1.04 bits per heavy atom. The van der Waals surface area contributed by atoms with E-state index in [1.165, 1.54) is 55.0 Å². The first kappa shape index (κ1) is 19.8. The van der Waals surface area contributed by atoms with Crippen molar-refractivity contribution in [2.75, 3.05) is 13.1 Å². The second-order valence-electron chi connectivity index (χ2n) is 7.10. The molecule has 2 aromatic rings. The van der Waals surface area contributed by atoms with Gasteiger partial charge in [-0.25, -0.2) is 0 Å². The van der Waals surface area contributed by atoms with Gasteiger partial charge in [-0.1, -0.05) is 37.1 Å². The van der Waals surface area contributed by atoms with E-state index in [1.54, 1.807) is 12.3 Å². The minimum atomic E-state index is -0.187. The van der Waals surface area contributed by atoms with Crippen LogP contribution in [-0.2, 0) is 24.4 Å². The number of likely N-dealkylation sites (tertiary alicyclic amines) is 1. The summed E-state index contributed by atoms with van der Waals surface area (Å²) in [5.74, 6) is -0.173. The number of carbonyl (C=O) groups is 1. The number of amides is 1. The Labute approximate surface area is 168 Å². The number of hydrogen-bond acceptors (Lipinski definition) is 3. The molecule has 3 rings (SSSR count). The minimum Gasteiger partial charge on any atom is -0.350 e. The number of nitrogens with one attached hydrogen (secondary N) is 1. The molecule has 0 aliphatic carbocycles. The molecule has 1 N–H and O–H groups in total. The van der Waals surface area contributed by atoms with Gasteiger partial charge in [0.25, 0.3) is 5.56 Å². The van der Waals surface area contributed by atoms with Crippen LogP contribution in [0.5, 0.6) is 0 Å². The molecule has 0 bridgehead atoms. The molecule has 0 unspecified atom stereocenters. The Morgan fingerprint density at radius 3 is 2.56 bits per heavy atom. The zero-order chi connectivity index (χ0) is 19.1. The highest BCUT2D eigenvalue weighted by Crippen LogP contribution is 2.14. The van der Waals surface area contributed by atoms with E-state index in [-0.39, 0.29) is 18.0 Å². The summed E-state index contributed by atoms with van der Waals surface area (Å²) >= 11 is 3.32. The van der Waals surface area contributed by atoms with Gasteiger partial charge in [0.1, 0.15) is 6.54 Å². The number of halogens is 1. The maximum Gasteiger partial charge on any atom is 0.251 e. The molecule has 1 fully saturated rings. The molecule has 1 amide bonds. The zero-order valence-corrected chi connectivity index (χ0v) is 17.1. The van der Waals surface area contributed by atoms with Crippen LogP contribution in [0.3, 0.4) is 0 Å². The standard InChI is InChI=1S/C21H26BrN3O2/c22-19-8-9-21(27)25(15-19)16-20(26)23-13-17-6-5-7-18(12-17)14-24-10-3-1-2-4-11-24/h5-9,12,15H,1-4,10-11,13-14,16H2,(H,23,26). The first-order valence-electron chi connectivity index (χ1n) is 9.53. The lowest BCUT2D eigenvalue weighted by Gasteiger charge is -2.20. The van der Waals surface area contributed by atoms with Gasteiger partial charge in [-0.05, 0) is 59.1 Å². The molecule has 0 saturated carbocycles. The second-order valence-corrected chi connectivity index (χ2v) is 8.02. The Kier molecular flexibility index (Phi) is 7.24. The summed E-state index contributed by atoms with van der Waals surface area (Å²) < 4.78 is 2.17. The van der Waals surface area contributed by atoms with Crippen LogP contribution in [-0.4, -0.2) is 28.5 Å². The lowest BCUT2D eigenvalue weighted by Crippen LogP contribution is -2.31. The lowest BCUT2D eigenvalue weighted by atomic mass is 10.1. The van der Waals surface area contributed by atoms with Gasteiger partial charge in [-0.3, -0.25) is 14.5 Å². The van der Waals surface area contributed by atoms with Crippen molar-refractivity contribution in [3.63, 3.8) is 0 Å². The molecule has 0 radical (unpaired) electrons. The Hall–Kier alpha value is -1.92. The molecule has 144 valence electrons. The maximum absolute atomic E-state index is 12.2. The van der Waals surface area contributed by atoms with Crippen LogP contribution in [0, 0.1) is 0 Å². The van der Waals surface area contributed by atoms with E-state index >= 15 is 0 Å². The molecule has 6 heteroatoms. The molecule has 2 heterocycles. The van der Waals surface area contributed by atoms with E-state index in [2.05, 4.69) is 38.3 Å². The molecule has 0 spiro atoms. The quantitative estimate of drug-likeness (QED) is 0.762. The molecule has 1 aliphatic heterocycles. The van der Waals surface area contributed by atoms with Crippen LogP contribution in [0.1, 0.15) is 36.8 Å². The van der Waals surface area contributed by atoms with Gasteiger partial charge in [0.2, 0.25) is 5.91 Å². The summed E-state index contributed by atoms with van der Waals surface area (Å²) in [7, 11) is 0. The Balaban J connectivity index is 1.53. The number of benzene rings is 1. The third-order valence-corrected chi connectivity index (χ3v) is 5.32. The molecule has 1 saturated heterocycles. The molecule has 27 heavy (non-hydrogen) atoms. The van der Waals surface area contributed by atoms with Crippen molar-refractivity contribution in [2.45, 2.75) is 45.3 Å². The molecule has 1 aromatic carbocycles. The predicted molar refractivity (Wildman–Crippen MR) is 110 cm³/mol. The van der Waals surface area contributed by atoms with E-state index in [0.717, 1.165) is 16.6 Å². The molecule has 5 nitrogen and oxygen atoms in total. The molecule has 1 aliphatic rings. The second kappa shape index (κ2) is 9.85. The number of nitrogens with zero attached hydrogens (tertiary/aromatic N) is 2. The van der Waals surface area contributed by atoms with Crippen LogP contribution >= 0.6 is 15.9 Å². The Morgan fingerprint density at radius 2 is 1.78 bits per heavy atom. The average Bonchev–Trinajstić information content (AvgIpc) is 2.92. The van der Waals surface area contributed by atoms with Gasteiger partial charge in [-0.2, -0.15) is 0 Å². The highest BCUT2D eigenvalue weighted by Gasteiger charge is 2.10. The largest absolute Gasteiger partial charge is 0.350 e. The first-order chi connectivity index (χ1) is 13.1. The van der Waals surface area contributed by atoms with E-state index in [4.69, 9.17) is 0 Å². The SMILES string of the molecule is O=C(Cn1cc(Br)ccc1=O)NCc1cccc(CN2CCCCCC2)c1. The maximum atomic E-state index is 12.2. The van der Waals surface area contributed by atoms with Crippen LogP contribution < -0.4 is 10.9 Å².